The Hall–Kier alpha value is -3.78. The van der Waals surface area contributed by atoms with Crippen LogP contribution in [-0.2, 0) is 33.7 Å². The Kier molecular flexibility index (Phi) is 19.9. The number of aryl methyl sites for hydroxylation is 8. The maximum atomic E-state index is 4.93. The van der Waals surface area contributed by atoms with E-state index in [1.807, 2.05) is 0 Å². The molecule has 0 unspecified atom stereocenters. The van der Waals surface area contributed by atoms with Crippen molar-refractivity contribution in [2.45, 2.75) is 146 Å². The second kappa shape index (κ2) is 25.7. The van der Waals surface area contributed by atoms with Gasteiger partial charge in [-0.1, -0.05) is 252 Å². The van der Waals surface area contributed by atoms with E-state index in [-0.39, 0.29) is 0 Å². The Balaban J connectivity index is 0.000000186. The van der Waals surface area contributed by atoms with Crippen molar-refractivity contribution < 1.29 is 20.8 Å². The summed E-state index contributed by atoms with van der Waals surface area (Å²) in [5, 5.41) is 5.66. The van der Waals surface area contributed by atoms with E-state index in [1.54, 1.807) is 0 Å². The van der Waals surface area contributed by atoms with Gasteiger partial charge in [-0.15, -0.1) is 44.8 Å². The van der Waals surface area contributed by atoms with Gasteiger partial charge >= 0.3 is 37.9 Å². The van der Waals surface area contributed by atoms with Crippen LogP contribution in [0.15, 0.2) is 121 Å². The Bertz CT molecular complexity index is 2530. The summed E-state index contributed by atoms with van der Waals surface area (Å²) in [4.78, 5) is 0. The van der Waals surface area contributed by atoms with Crippen molar-refractivity contribution in [3.8, 4) is 44.5 Å². The fraction of sp³-hybridized carbons (Fsp3) is 0.364. The predicted octanol–water partition coefficient (Wildman–Crippen LogP) is 20.7. The molecule has 2 fully saturated rings. The molecule has 2 saturated carbocycles. The average molecular weight is 1060 g/mol. The van der Waals surface area contributed by atoms with Gasteiger partial charge in [0.25, 0.3) is 0 Å². The molecule has 362 valence electrons. The molecule has 0 heterocycles. The molecule has 2 aliphatic rings. The van der Waals surface area contributed by atoms with Crippen molar-refractivity contribution in [1.29, 1.82) is 0 Å². The van der Waals surface area contributed by atoms with Crippen molar-refractivity contribution in [2.75, 3.05) is 0 Å². The van der Waals surface area contributed by atoms with Gasteiger partial charge in [0.1, 0.15) is 0 Å². The first kappa shape index (κ1) is 54.0. The first-order valence-corrected chi connectivity index (χ1v) is 34.4. The van der Waals surface area contributed by atoms with Gasteiger partial charge in [0, 0.05) is 9.52 Å². The number of benzene rings is 6. The molecule has 8 aromatic rings. The predicted molar refractivity (Wildman–Crippen MR) is 308 cm³/mol. The molecule has 0 saturated heterocycles. The van der Waals surface area contributed by atoms with Crippen LogP contribution in [0.1, 0.15) is 120 Å². The van der Waals surface area contributed by atoms with Crippen LogP contribution < -0.4 is 0 Å². The molecule has 0 aliphatic heterocycles. The van der Waals surface area contributed by atoms with Crippen LogP contribution in [-0.4, -0.2) is 9.52 Å². The Morgan fingerprint density at radius 2 is 0.643 bits per heavy atom. The number of rotatable bonds is 8. The number of halogens is 2. The summed E-state index contributed by atoms with van der Waals surface area (Å²) >= 11 is -0.826. The Morgan fingerprint density at radius 1 is 0.400 bits per heavy atom. The van der Waals surface area contributed by atoms with E-state index in [0.29, 0.717) is 0 Å². The summed E-state index contributed by atoms with van der Waals surface area (Å²) in [5.74, 6) is 1.71. The molecule has 0 bridgehead atoms. The van der Waals surface area contributed by atoms with Gasteiger partial charge in [0.2, 0.25) is 0 Å². The number of fused-ring (bicyclic) bond motifs is 2. The summed E-state index contributed by atoms with van der Waals surface area (Å²) in [6.45, 7) is 21.9. The molecular weight excluding hydrogens is 983 g/mol. The van der Waals surface area contributed by atoms with E-state index < -0.39 is 20.8 Å². The van der Waals surface area contributed by atoms with Gasteiger partial charge in [-0.3, -0.25) is 0 Å². The Labute approximate surface area is 444 Å². The summed E-state index contributed by atoms with van der Waals surface area (Å²) < 4.78 is 0. The molecular formula is C66H76Cl2SiZr. The molecule has 2 aliphatic carbocycles. The number of hydrogen-bond acceptors (Lipinski definition) is 0. The first-order valence-electron chi connectivity index (χ1n) is 26.1. The number of hydrogen-bond donors (Lipinski definition) is 0. The van der Waals surface area contributed by atoms with Crippen LogP contribution >= 0.6 is 17.0 Å². The van der Waals surface area contributed by atoms with E-state index in [1.165, 1.54) is 199 Å². The average Bonchev–Trinajstić information content (AvgIpc) is 3.93. The van der Waals surface area contributed by atoms with Crippen molar-refractivity contribution in [3.05, 3.63) is 177 Å². The van der Waals surface area contributed by atoms with E-state index in [9.17, 15) is 0 Å². The molecule has 0 atom stereocenters. The molecule has 10 rings (SSSR count). The van der Waals surface area contributed by atoms with Crippen LogP contribution in [0.25, 0.3) is 66.1 Å². The monoisotopic (exact) mass is 1060 g/mol. The van der Waals surface area contributed by atoms with Gasteiger partial charge in [0.15, 0.2) is 0 Å². The molecule has 2 radical (unpaired) electrons. The molecule has 4 heteroatoms. The molecule has 8 aromatic carbocycles. The summed E-state index contributed by atoms with van der Waals surface area (Å²) in [7, 11) is 11.0. The van der Waals surface area contributed by atoms with Crippen molar-refractivity contribution in [2.24, 2.45) is 11.8 Å². The summed E-state index contributed by atoms with van der Waals surface area (Å²) in [5.41, 5.74) is 24.6. The topological polar surface area (TPSA) is 0 Å². The third kappa shape index (κ3) is 14.2. The molecule has 0 aromatic heterocycles. The quantitative estimate of drug-likeness (QED) is 0.105. The summed E-state index contributed by atoms with van der Waals surface area (Å²) in [6, 6.07) is 47.2. The zero-order valence-electron chi connectivity index (χ0n) is 43.9. The molecule has 0 amide bonds. The minimum absolute atomic E-state index is 0.826. The van der Waals surface area contributed by atoms with E-state index in [2.05, 4.69) is 190 Å². The van der Waals surface area contributed by atoms with E-state index in [0.717, 1.165) is 21.4 Å². The second-order valence-electron chi connectivity index (χ2n) is 21.2. The molecule has 0 spiro atoms. The Morgan fingerprint density at radius 3 is 0.914 bits per heavy atom. The standard InChI is InChI=1S/2C32H35.C2H6Si.2ClH.Zr/c2*1-21-12-22(2)15-27(14-21)29-10-11-30(28-16-23(3)13-24(4)17-28)32-20-26(19-31(29)32)18-25-8-6-5-7-9-25;1-3-2;;;/h2*10-17,19-20,25H,5-9,18H2,1-4H3;1-2H3;2*1H;/q2*-1;;;;+4/p-2. The van der Waals surface area contributed by atoms with Gasteiger partial charge in [-0.25, -0.2) is 0 Å². The molecule has 70 heavy (non-hydrogen) atoms. The SMILES string of the molecule is C[Si]C.Cc1cc(C)cc(-c2ccc(-c3cc(C)cc(C)c3)c3[cH-]c(CC4CCCCC4)cc23)c1.Cc1cc(C)cc(-c2ccc(-c3cc(C)cc(C)c3)c3[cH-]c(CC4CCCCC4)cc23)c1.[Cl][Zr+2][Cl]. The van der Waals surface area contributed by atoms with Crippen LogP contribution in [0.5, 0.6) is 0 Å². The van der Waals surface area contributed by atoms with Gasteiger partial charge in [0.05, 0.1) is 0 Å². The van der Waals surface area contributed by atoms with Crippen LogP contribution in [0.2, 0.25) is 13.1 Å². The van der Waals surface area contributed by atoms with Crippen molar-refractivity contribution in [3.63, 3.8) is 0 Å². The van der Waals surface area contributed by atoms with Crippen molar-refractivity contribution >= 4 is 48.1 Å². The van der Waals surface area contributed by atoms with Gasteiger partial charge in [-0.2, -0.15) is 12.1 Å². The molecule has 0 nitrogen and oxygen atoms in total. The minimum atomic E-state index is -0.826. The second-order valence-corrected chi connectivity index (χ2v) is 25.9. The van der Waals surface area contributed by atoms with Crippen LogP contribution in [0.4, 0.5) is 0 Å². The van der Waals surface area contributed by atoms with Crippen molar-refractivity contribution in [1.82, 2.24) is 0 Å². The normalized spacial score (nSPS) is 14.0. The first-order chi connectivity index (χ1) is 33.7. The summed E-state index contributed by atoms with van der Waals surface area (Å²) in [6.07, 6.45) is 16.5. The third-order valence-electron chi connectivity index (χ3n) is 14.5. The van der Waals surface area contributed by atoms with Gasteiger partial charge < -0.3 is 0 Å². The van der Waals surface area contributed by atoms with E-state index >= 15 is 0 Å². The van der Waals surface area contributed by atoms with E-state index in [4.69, 9.17) is 17.0 Å². The fourth-order valence-corrected chi connectivity index (χ4v) is 11.9. The zero-order chi connectivity index (χ0) is 49.9. The zero-order valence-corrected chi connectivity index (χ0v) is 48.9. The van der Waals surface area contributed by atoms with Crippen LogP contribution in [0, 0.1) is 67.2 Å². The van der Waals surface area contributed by atoms with Gasteiger partial charge in [-0.05, 0) is 91.2 Å². The molecule has 0 N–H and O–H groups in total. The maximum absolute atomic E-state index is 4.93. The fourth-order valence-electron chi connectivity index (χ4n) is 11.9. The third-order valence-corrected chi connectivity index (χ3v) is 14.5. The van der Waals surface area contributed by atoms with Crippen LogP contribution in [0.3, 0.4) is 0 Å².